The molecule has 0 aliphatic rings. The molecule has 0 saturated carbocycles. The van der Waals surface area contributed by atoms with Crippen LogP contribution in [0.25, 0.3) is 32.6 Å². The number of aromatic nitrogens is 2. The van der Waals surface area contributed by atoms with E-state index in [1.807, 2.05) is 24.3 Å². The van der Waals surface area contributed by atoms with Crippen LogP contribution < -0.4 is 11.5 Å². The second-order valence-electron chi connectivity index (χ2n) is 6.83. The van der Waals surface area contributed by atoms with E-state index in [0.29, 0.717) is 12.4 Å². The lowest BCUT2D eigenvalue weighted by Crippen LogP contribution is -1.98. The summed E-state index contributed by atoms with van der Waals surface area (Å²) in [6.07, 6.45) is 3.45. The SMILES string of the molecule is CN=Cc1cc(-c2cc(-c3ccccc3)c3c(N)c(SCCOC)sc3n2)cnc1N. The van der Waals surface area contributed by atoms with Gasteiger partial charge in [-0.3, -0.25) is 4.99 Å². The maximum absolute atomic E-state index is 6.59. The van der Waals surface area contributed by atoms with Crippen molar-refractivity contribution >= 4 is 51.0 Å². The second kappa shape index (κ2) is 9.47. The maximum atomic E-state index is 6.59. The van der Waals surface area contributed by atoms with E-state index in [4.69, 9.17) is 21.2 Å². The Morgan fingerprint density at radius 3 is 2.71 bits per heavy atom. The number of fused-ring (bicyclic) bond motifs is 1. The van der Waals surface area contributed by atoms with E-state index in [1.54, 1.807) is 49.7 Å². The molecule has 31 heavy (non-hydrogen) atoms. The molecule has 0 unspecified atom stereocenters. The van der Waals surface area contributed by atoms with Gasteiger partial charge in [-0.05, 0) is 23.3 Å². The molecule has 8 heteroatoms. The smallest absolute Gasteiger partial charge is 0.132 e. The van der Waals surface area contributed by atoms with Crippen molar-refractivity contribution in [3.8, 4) is 22.4 Å². The highest BCUT2D eigenvalue weighted by atomic mass is 32.2. The lowest BCUT2D eigenvalue weighted by atomic mass is 10.00. The summed E-state index contributed by atoms with van der Waals surface area (Å²) in [4.78, 5) is 14.3. The minimum absolute atomic E-state index is 0.441. The third-order valence-corrected chi connectivity index (χ3v) is 7.13. The fourth-order valence-electron chi connectivity index (χ4n) is 3.29. The third kappa shape index (κ3) is 4.41. The van der Waals surface area contributed by atoms with Crippen molar-refractivity contribution in [3.05, 3.63) is 54.2 Å². The van der Waals surface area contributed by atoms with Gasteiger partial charge < -0.3 is 16.2 Å². The van der Waals surface area contributed by atoms with Gasteiger partial charge in [0, 0.05) is 48.8 Å². The highest BCUT2D eigenvalue weighted by Gasteiger charge is 2.18. The first-order chi connectivity index (χ1) is 15.1. The first-order valence-electron chi connectivity index (χ1n) is 9.70. The zero-order chi connectivity index (χ0) is 21.8. The van der Waals surface area contributed by atoms with Gasteiger partial charge in [-0.15, -0.1) is 23.1 Å². The summed E-state index contributed by atoms with van der Waals surface area (Å²) in [7, 11) is 3.41. The molecule has 158 valence electrons. The predicted octanol–water partition coefficient (Wildman–Crippen LogP) is 4.98. The number of rotatable bonds is 7. The molecule has 0 aliphatic carbocycles. The quantitative estimate of drug-likeness (QED) is 0.235. The lowest BCUT2D eigenvalue weighted by molar-refractivity contribution is 0.218. The van der Waals surface area contributed by atoms with Gasteiger partial charge in [-0.25, -0.2) is 9.97 Å². The number of hydrogen-bond donors (Lipinski definition) is 2. The van der Waals surface area contributed by atoms with Gasteiger partial charge in [0.2, 0.25) is 0 Å². The number of aliphatic imine (C=N–C) groups is 1. The van der Waals surface area contributed by atoms with Crippen LogP contribution in [-0.4, -0.2) is 42.7 Å². The van der Waals surface area contributed by atoms with Crippen LogP contribution in [0.15, 0.2) is 57.9 Å². The summed E-state index contributed by atoms with van der Waals surface area (Å²) in [5.74, 6) is 1.28. The van der Waals surface area contributed by atoms with Crippen LogP contribution in [0.4, 0.5) is 11.5 Å². The Kier molecular flexibility index (Phi) is 6.50. The summed E-state index contributed by atoms with van der Waals surface area (Å²) in [5, 5.41) is 0.985. The summed E-state index contributed by atoms with van der Waals surface area (Å²) in [6.45, 7) is 0.668. The number of thioether (sulfide) groups is 1. The van der Waals surface area contributed by atoms with Crippen molar-refractivity contribution < 1.29 is 4.74 Å². The molecular formula is C23H23N5OS2. The van der Waals surface area contributed by atoms with E-state index in [2.05, 4.69) is 28.2 Å². The average Bonchev–Trinajstić information content (AvgIpc) is 3.11. The molecule has 1 aromatic carbocycles. The molecule has 0 aliphatic heterocycles. The van der Waals surface area contributed by atoms with Gasteiger partial charge in [0.1, 0.15) is 10.6 Å². The monoisotopic (exact) mass is 449 g/mol. The molecule has 3 aromatic heterocycles. The Balaban J connectivity index is 1.91. The number of nitrogens with zero attached hydrogens (tertiary/aromatic N) is 3. The molecule has 4 aromatic rings. The Morgan fingerprint density at radius 2 is 1.97 bits per heavy atom. The minimum Gasteiger partial charge on any atom is -0.397 e. The number of methoxy groups -OCH3 is 1. The molecule has 0 amide bonds. The van der Waals surface area contributed by atoms with E-state index in [0.717, 1.165) is 53.8 Å². The molecule has 0 radical (unpaired) electrons. The molecule has 0 fully saturated rings. The largest absolute Gasteiger partial charge is 0.397 e. The fourth-order valence-corrected chi connectivity index (χ4v) is 5.56. The van der Waals surface area contributed by atoms with E-state index in [1.165, 1.54) is 0 Å². The Bertz CT molecular complexity index is 1240. The number of benzene rings is 1. The number of pyridine rings is 2. The predicted molar refractivity (Wildman–Crippen MR) is 133 cm³/mol. The summed E-state index contributed by atoms with van der Waals surface area (Å²) in [6, 6.07) is 14.3. The number of nitrogens with two attached hydrogens (primary N) is 2. The lowest BCUT2D eigenvalue weighted by Gasteiger charge is -2.10. The van der Waals surface area contributed by atoms with Crippen molar-refractivity contribution in [2.45, 2.75) is 4.21 Å². The molecule has 0 spiro atoms. The number of nitrogen functional groups attached to an aromatic ring is 2. The van der Waals surface area contributed by atoms with Crippen LogP contribution in [0, 0.1) is 0 Å². The van der Waals surface area contributed by atoms with Crippen molar-refractivity contribution in [2.75, 3.05) is 38.0 Å². The minimum atomic E-state index is 0.441. The number of ether oxygens (including phenoxy) is 1. The molecule has 3 heterocycles. The molecule has 4 N–H and O–H groups in total. The van der Waals surface area contributed by atoms with Crippen molar-refractivity contribution in [3.63, 3.8) is 0 Å². The topological polar surface area (TPSA) is 99.4 Å². The van der Waals surface area contributed by atoms with Crippen LogP contribution in [0.1, 0.15) is 5.56 Å². The summed E-state index contributed by atoms with van der Waals surface area (Å²) >= 11 is 3.31. The Labute approximate surface area is 189 Å². The fraction of sp³-hybridized carbons (Fsp3) is 0.174. The third-order valence-electron chi connectivity index (χ3n) is 4.78. The van der Waals surface area contributed by atoms with E-state index < -0.39 is 0 Å². The zero-order valence-electron chi connectivity index (χ0n) is 17.3. The molecule has 0 bridgehead atoms. The highest BCUT2D eigenvalue weighted by Crippen LogP contribution is 2.45. The van der Waals surface area contributed by atoms with Crippen LogP contribution in [0.2, 0.25) is 0 Å². The molecule has 0 atom stereocenters. The first kappa shape index (κ1) is 21.3. The standard InChI is InChI=1S/C23H23N5OS2/c1-26-12-16-10-15(13-27-21(16)25)18-11-17(14-6-4-3-5-7-14)19-20(24)23(30-9-8-29-2)31-22(19)28-18/h3-7,10-13H,8-9,24H2,1-2H3,(H2,25,27). The van der Waals surface area contributed by atoms with Gasteiger partial charge in [0.15, 0.2) is 0 Å². The van der Waals surface area contributed by atoms with Gasteiger partial charge in [-0.1, -0.05) is 30.3 Å². The van der Waals surface area contributed by atoms with Crippen LogP contribution in [0.3, 0.4) is 0 Å². The number of anilines is 2. The van der Waals surface area contributed by atoms with Crippen molar-refractivity contribution in [2.24, 2.45) is 4.99 Å². The normalized spacial score (nSPS) is 11.5. The van der Waals surface area contributed by atoms with Crippen molar-refractivity contribution in [1.29, 1.82) is 0 Å². The maximum Gasteiger partial charge on any atom is 0.132 e. The van der Waals surface area contributed by atoms with Crippen LogP contribution in [0.5, 0.6) is 0 Å². The number of thiophene rings is 1. The first-order valence-corrected chi connectivity index (χ1v) is 11.5. The van der Waals surface area contributed by atoms with Gasteiger partial charge in [0.25, 0.3) is 0 Å². The second-order valence-corrected chi connectivity index (χ2v) is 9.19. The van der Waals surface area contributed by atoms with Crippen LogP contribution in [-0.2, 0) is 4.74 Å². The molecular weight excluding hydrogens is 426 g/mol. The molecule has 4 rings (SSSR count). The van der Waals surface area contributed by atoms with E-state index >= 15 is 0 Å². The molecule has 0 saturated heterocycles. The number of hydrogen-bond acceptors (Lipinski definition) is 8. The Hall–Kier alpha value is -2.94. The summed E-state index contributed by atoms with van der Waals surface area (Å²) < 4.78 is 6.25. The van der Waals surface area contributed by atoms with Gasteiger partial charge >= 0.3 is 0 Å². The average molecular weight is 450 g/mol. The highest BCUT2D eigenvalue weighted by molar-refractivity contribution is 8.01. The van der Waals surface area contributed by atoms with E-state index in [-0.39, 0.29) is 0 Å². The zero-order valence-corrected chi connectivity index (χ0v) is 19.0. The van der Waals surface area contributed by atoms with Gasteiger partial charge in [-0.2, -0.15) is 0 Å². The van der Waals surface area contributed by atoms with Gasteiger partial charge in [0.05, 0.1) is 22.2 Å². The van der Waals surface area contributed by atoms with Crippen LogP contribution >= 0.6 is 23.1 Å². The van der Waals surface area contributed by atoms with Crippen molar-refractivity contribution in [1.82, 2.24) is 9.97 Å². The molecule has 6 nitrogen and oxygen atoms in total. The summed E-state index contributed by atoms with van der Waals surface area (Å²) in [5.41, 5.74) is 18.0. The van der Waals surface area contributed by atoms with E-state index in [9.17, 15) is 0 Å². The Morgan fingerprint density at radius 1 is 1.16 bits per heavy atom.